The smallest absolute Gasteiger partial charge is 0.303 e. The van der Waals surface area contributed by atoms with E-state index in [1.54, 1.807) is 20.8 Å². The van der Waals surface area contributed by atoms with Gasteiger partial charge in [0.05, 0.1) is 0 Å². The molecule has 1 aliphatic rings. The summed E-state index contributed by atoms with van der Waals surface area (Å²) in [6.45, 7) is 7.77. The fraction of sp³-hybridized carbons (Fsp3) is 0.571. The van der Waals surface area contributed by atoms with Gasteiger partial charge in [-0.25, -0.2) is 4.98 Å². The van der Waals surface area contributed by atoms with Gasteiger partial charge in [0, 0.05) is 38.6 Å². The Morgan fingerprint density at radius 1 is 1.03 bits per heavy atom. The maximum atomic E-state index is 13.1. The number of carbonyl (C=O) groups is 5. The van der Waals surface area contributed by atoms with E-state index < -0.39 is 70.9 Å². The number of esters is 3. The number of rotatable bonds is 6. The quantitative estimate of drug-likeness (QED) is 0.424. The highest BCUT2D eigenvalue weighted by atomic mass is 16.7. The van der Waals surface area contributed by atoms with Crippen LogP contribution in [0.3, 0.4) is 0 Å². The average Bonchev–Trinajstić information content (AvgIpc) is 3.01. The molecule has 1 aliphatic heterocycles. The Balaban J connectivity index is 2.47. The van der Waals surface area contributed by atoms with Gasteiger partial charge in [-0.05, 0) is 0 Å². The van der Waals surface area contributed by atoms with Gasteiger partial charge in [-0.1, -0.05) is 20.8 Å². The maximum absolute atomic E-state index is 13.1. The lowest BCUT2D eigenvalue weighted by molar-refractivity contribution is -0.166. The molecule has 2 amide bonds. The zero-order valence-electron chi connectivity index (χ0n) is 19.6. The standard InChI is InChI=1S/C21H27N3O10/c1-10(25)31-9-13-15(32-11(2)26)16(33-12(3)27)19(34-13)24-8-7-22-14(18(24)29)17(28)23-20(30)21(4,5)6/h7-8,13,15-16,19H,9H2,1-6H3,(H,23,28,30)/t13-,15-,16?,19-/m1/s1. The van der Waals surface area contributed by atoms with Crippen molar-refractivity contribution >= 4 is 29.7 Å². The minimum Gasteiger partial charge on any atom is -0.463 e. The van der Waals surface area contributed by atoms with Crippen LogP contribution in [0.25, 0.3) is 0 Å². The first kappa shape index (κ1) is 26.6. The molecule has 1 fully saturated rings. The van der Waals surface area contributed by atoms with E-state index >= 15 is 0 Å². The molecule has 0 aromatic carbocycles. The van der Waals surface area contributed by atoms with Crippen LogP contribution in [0.4, 0.5) is 0 Å². The summed E-state index contributed by atoms with van der Waals surface area (Å²) in [5.74, 6) is -3.79. The summed E-state index contributed by atoms with van der Waals surface area (Å²) < 4.78 is 22.2. The van der Waals surface area contributed by atoms with Gasteiger partial charge in [-0.15, -0.1) is 0 Å². The Kier molecular flexibility index (Phi) is 8.26. The van der Waals surface area contributed by atoms with Crippen molar-refractivity contribution in [1.29, 1.82) is 0 Å². The molecule has 1 N–H and O–H groups in total. The van der Waals surface area contributed by atoms with Crippen molar-refractivity contribution in [1.82, 2.24) is 14.9 Å². The SMILES string of the molecule is CC(=O)OC[C@H]1O[C@@H](n2ccnc(C(=O)NC(=O)C(C)(C)C)c2=O)C(OC(C)=O)[C@@H]1OC(C)=O. The molecule has 0 saturated carbocycles. The molecule has 0 aliphatic carbocycles. The Bertz CT molecular complexity index is 1040. The van der Waals surface area contributed by atoms with Crippen molar-refractivity contribution in [2.45, 2.75) is 66.1 Å². The summed E-state index contributed by atoms with van der Waals surface area (Å²) in [5.41, 5.74) is -2.48. The van der Waals surface area contributed by atoms with Gasteiger partial charge >= 0.3 is 17.9 Å². The van der Waals surface area contributed by atoms with Crippen molar-refractivity contribution < 1.29 is 42.9 Å². The normalized spacial score (nSPS) is 21.9. The number of carbonyl (C=O) groups excluding carboxylic acids is 5. The molecule has 1 aromatic heterocycles. The third-order valence-corrected chi connectivity index (χ3v) is 4.61. The molecule has 0 spiro atoms. The number of nitrogens with one attached hydrogen (secondary N) is 1. The van der Waals surface area contributed by atoms with Gasteiger partial charge in [0.1, 0.15) is 12.7 Å². The number of nitrogens with zero attached hydrogens (tertiary/aromatic N) is 2. The van der Waals surface area contributed by atoms with Crippen LogP contribution in [-0.4, -0.2) is 64.2 Å². The van der Waals surface area contributed by atoms with E-state index in [4.69, 9.17) is 18.9 Å². The predicted octanol–water partition coefficient (Wildman–Crippen LogP) is -0.130. The number of imide groups is 1. The molecule has 0 radical (unpaired) electrons. The third-order valence-electron chi connectivity index (χ3n) is 4.61. The topological polar surface area (TPSA) is 169 Å². The maximum Gasteiger partial charge on any atom is 0.303 e. The van der Waals surface area contributed by atoms with Crippen LogP contribution in [0.2, 0.25) is 0 Å². The summed E-state index contributed by atoms with van der Waals surface area (Å²) in [6, 6.07) is 0. The molecule has 0 bridgehead atoms. The minimum atomic E-state index is -1.37. The van der Waals surface area contributed by atoms with Crippen molar-refractivity contribution in [2.75, 3.05) is 6.61 Å². The van der Waals surface area contributed by atoms with Gasteiger partial charge < -0.3 is 18.9 Å². The zero-order valence-corrected chi connectivity index (χ0v) is 19.6. The summed E-state index contributed by atoms with van der Waals surface area (Å²) in [7, 11) is 0. The first-order valence-corrected chi connectivity index (χ1v) is 10.3. The fourth-order valence-corrected chi connectivity index (χ4v) is 3.05. The van der Waals surface area contributed by atoms with Crippen molar-refractivity contribution in [3.63, 3.8) is 0 Å². The fourth-order valence-electron chi connectivity index (χ4n) is 3.05. The molecule has 2 heterocycles. The second kappa shape index (κ2) is 10.5. The molecule has 13 nitrogen and oxygen atoms in total. The van der Waals surface area contributed by atoms with Gasteiger partial charge in [0.15, 0.2) is 24.1 Å². The van der Waals surface area contributed by atoms with Crippen LogP contribution in [-0.2, 0) is 38.1 Å². The molecule has 13 heteroatoms. The second-order valence-electron chi connectivity index (χ2n) is 8.54. The molecule has 1 saturated heterocycles. The molecule has 186 valence electrons. The lowest BCUT2D eigenvalue weighted by Gasteiger charge is -2.24. The number of hydrogen-bond acceptors (Lipinski definition) is 11. The molecule has 1 unspecified atom stereocenters. The Labute approximate surface area is 194 Å². The van der Waals surface area contributed by atoms with Crippen LogP contribution in [0.15, 0.2) is 17.2 Å². The van der Waals surface area contributed by atoms with Crippen LogP contribution in [0.1, 0.15) is 58.3 Å². The summed E-state index contributed by atoms with van der Waals surface area (Å²) in [5, 5.41) is 2.11. The van der Waals surface area contributed by atoms with Crippen LogP contribution in [0.5, 0.6) is 0 Å². The van der Waals surface area contributed by atoms with E-state index in [0.717, 1.165) is 31.5 Å². The van der Waals surface area contributed by atoms with Crippen molar-refractivity contribution in [2.24, 2.45) is 5.41 Å². The second-order valence-corrected chi connectivity index (χ2v) is 8.54. The van der Waals surface area contributed by atoms with E-state index in [-0.39, 0.29) is 6.61 Å². The molecule has 34 heavy (non-hydrogen) atoms. The third kappa shape index (κ3) is 6.47. The number of aromatic nitrogens is 2. The first-order valence-electron chi connectivity index (χ1n) is 10.3. The summed E-state index contributed by atoms with van der Waals surface area (Å²) in [6.07, 6.45) is -2.73. The molecule has 1 aromatic rings. The van der Waals surface area contributed by atoms with E-state index in [1.807, 2.05) is 0 Å². The predicted molar refractivity (Wildman–Crippen MR) is 112 cm³/mol. The van der Waals surface area contributed by atoms with E-state index in [2.05, 4.69) is 10.3 Å². The molecular weight excluding hydrogens is 454 g/mol. The number of hydrogen-bond donors (Lipinski definition) is 1. The van der Waals surface area contributed by atoms with Gasteiger partial charge in [-0.3, -0.25) is 38.7 Å². The Hall–Kier alpha value is -3.61. The van der Waals surface area contributed by atoms with E-state index in [9.17, 15) is 28.8 Å². The summed E-state index contributed by atoms with van der Waals surface area (Å²) >= 11 is 0. The summed E-state index contributed by atoms with van der Waals surface area (Å²) in [4.78, 5) is 76.2. The minimum absolute atomic E-state index is 0.366. The van der Waals surface area contributed by atoms with Crippen LogP contribution < -0.4 is 10.9 Å². The van der Waals surface area contributed by atoms with Gasteiger partial charge in [0.25, 0.3) is 11.5 Å². The van der Waals surface area contributed by atoms with E-state index in [0.29, 0.717) is 0 Å². The highest BCUT2D eigenvalue weighted by molar-refractivity contribution is 6.04. The van der Waals surface area contributed by atoms with Gasteiger partial charge in [-0.2, -0.15) is 0 Å². The van der Waals surface area contributed by atoms with Crippen LogP contribution in [0, 0.1) is 5.41 Å². The first-order chi connectivity index (χ1) is 15.7. The Morgan fingerprint density at radius 2 is 1.62 bits per heavy atom. The van der Waals surface area contributed by atoms with Crippen molar-refractivity contribution in [3.8, 4) is 0 Å². The Morgan fingerprint density at radius 3 is 2.15 bits per heavy atom. The lowest BCUT2D eigenvalue weighted by Crippen LogP contribution is -2.44. The largest absolute Gasteiger partial charge is 0.463 e. The lowest BCUT2D eigenvalue weighted by atomic mass is 9.96. The monoisotopic (exact) mass is 481 g/mol. The zero-order chi connectivity index (χ0) is 25.8. The van der Waals surface area contributed by atoms with Gasteiger partial charge in [0.2, 0.25) is 5.91 Å². The number of amides is 2. The molecule has 2 rings (SSSR count). The highest BCUT2D eigenvalue weighted by Gasteiger charge is 2.51. The van der Waals surface area contributed by atoms with Crippen LogP contribution >= 0.6 is 0 Å². The molecule has 4 atom stereocenters. The average molecular weight is 481 g/mol. The number of ether oxygens (including phenoxy) is 4. The van der Waals surface area contributed by atoms with Crippen molar-refractivity contribution in [3.05, 3.63) is 28.4 Å². The van der Waals surface area contributed by atoms with E-state index in [1.165, 1.54) is 6.20 Å². The molecular formula is C21H27N3O10. The highest BCUT2D eigenvalue weighted by Crippen LogP contribution is 2.33.